The summed E-state index contributed by atoms with van der Waals surface area (Å²) in [6.07, 6.45) is -12.4. The molecule has 0 saturated carbocycles. The van der Waals surface area contributed by atoms with Crippen molar-refractivity contribution in [3.05, 3.63) is 70.8 Å². The Kier molecular flexibility index (Phi) is 8.03. The van der Waals surface area contributed by atoms with Gasteiger partial charge in [0, 0.05) is 5.56 Å². The summed E-state index contributed by atoms with van der Waals surface area (Å²) in [5.41, 5.74) is -4.74. The van der Waals surface area contributed by atoms with Crippen LogP contribution in [-0.4, -0.2) is 23.6 Å². The summed E-state index contributed by atoms with van der Waals surface area (Å²) >= 11 is 0. The van der Waals surface area contributed by atoms with Crippen molar-refractivity contribution in [2.24, 2.45) is 0 Å². The smallest absolute Gasteiger partial charge is 0.416 e. The maximum absolute atomic E-state index is 13.1. The predicted molar refractivity (Wildman–Crippen MR) is 109 cm³/mol. The highest BCUT2D eigenvalue weighted by Gasteiger charge is 2.38. The lowest BCUT2D eigenvalue weighted by Gasteiger charge is -2.21. The molecule has 0 radical (unpaired) electrons. The Morgan fingerprint density at radius 3 is 1.88 bits per heavy atom. The molecule has 0 amide bonds. The van der Waals surface area contributed by atoms with Gasteiger partial charge in [-0.05, 0) is 51.1 Å². The molecule has 2 aromatic carbocycles. The van der Waals surface area contributed by atoms with Crippen LogP contribution in [0.15, 0.2) is 48.5 Å². The fraction of sp³-hybridized carbons (Fsp3) is 0.333. The number of esters is 2. The molecule has 0 heterocycles. The van der Waals surface area contributed by atoms with Gasteiger partial charge in [-0.1, -0.05) is 30.0 Å². The van der Waals surface area contributed by atoms with E-state index < -0.39 is 59.1 Å². The normalized spacial score (nSPS) is 12.9. The zero-order valence-corrected chi connectivity index (χ0v) is 18.3. The number of ether oxygens (including phenoxy) is 2. The van der Waals surface area contributed by atoms with Crippen molar-refractivity contribution in [3.63, 3.8) is 0 Å². The average Bonchev–Trinajstić information content (AvgIpc) is 2.69. The SMILES string of the molecule is CC(C)(C)OC(=O)CC(C#Cc1ccccc1)OC(=O)c1cc(C(F)(F)F)cc(C(F)(F)F)c1. The van der Waals surface area contributed by atoms with E-state index in [0.717, 1.165) is 0 Å². The van der Waals surface area contributed by atoms with Gasteiger partial charge in [0.2, 0.25) is 0 Å². The highest BCUT2D eigenvalue weighted by molar-refractivity contribution is 5.90. The van der Waals surface area contributed by atoms with E-state index in [1.54, 1.807) is 51.1 Å². The van der Waals surface area contributed by atoms with Gasteiger partial charge in [-0.15, -0.1) is 0 Å². The van der Waals surface area contributed by atoms with E-state index in [1.807, 2.05) is 0 Å². The van der Waals surface area contributed by atoms with Crippen LogP contribution in [0.2, 0.25) is 0 Å². The first-order chi connectivity index (χ1) is 15.5. The first kappa shape index (κ1) is 26.8. The lowest BCUT2D eigenvalue weighted by molar-refractivity contribution is -0.156. The molecule has 10 heteroatoms. The van der Waals surface area contributed by atoms with Gasteiger partial charge in [-0.25, -0.2) is 4.79 Å². The Bertz CT molecular complexity index is 1050. The zero-order chi connectivity index (χ0) is 25.7. The molecule has 182 valence electrons. The van der Waals surface area contributed by atoms with Crippen LogP contribution < -0.4 is 0 Å². The maximum atomic E-state index is 13.1. The van der Waals surface area contributed by atoms with Crippen LogP contribution in [0.1, 0.15) is 54.2 Å². The van der Waals surface area contributed by atoms with Gasteiger partial charge in [-0.3, -0.25) is 4.79 Å². The molecule has 0 bridgehead atoms. The standard InChI is InChI=1S/C24H20F6O4/c1-22(2,3)34-20(31)14-19(10-9-15-7-5-4-6-8-15)33-21(32)16-11-17(23(25,26)27)13-18(12-16)24(28,29)30/h4-8,11-13,19H,14H2,1-3H3. The van der Waals surface area contributed by atoms with Crippen molar-refractivity contribution >= 4 is 11.9 Å². The molecule has 0 aliphatic rings. The van der Waals surface area contributed by atoms with E-state index in [2.05, 4.69) is 11.8 Å². The number of halogens is 6. The van der Waals surface area contributed by atoms with Crippen molar-refractivity contribution in [2.45, 2.75) is 51.2 Å². The third kappa shape index (κ3) is 8.46. The van der Waals surface area contributed by atoms with Gasteiger partial charge in [0.1, 0.15) is 5.60 Å². The van der Waals surface area contributed by atoms with E-state index in [0.29, 0.717) is 5.56 Å². The number of benzene rings is 2. The van der Waals surface area contributed by atoms with Crippen LogP contribution in [0.3, 0.4) is 0 Å². The molecule has 0 aliphatic carbocycles. The Morgan fingerprint density at radius 2 is 1.41 bits per heavy atom. The minimum Gasteiger partial charge on any atom is -0.460 e. The summed E-state index contributed by atoms with van der Waals surface area (Å²) in [4.78, 5) is 24.7. The third-order valence-corrected chi connectivity index (χ3v) is 4.00. The average molecular weight is 486 g/mol. The Labute approximate surface area is 191 Å². The molecule has 34 heavy (non-hydrogen) atoms. The zero-order valence-electron chi connectivity index (χ0n) is 18.3. The third-order valence-electron chi connectivity index (χ3n) is 4.00. The largest absolute Gasteiger partial charge is 0.460 e. The second-order valence-corrected chi connectivity index (χ2v) is 8.11. The molecule has 2 rings (SSSR count). The van der Waals surface area contributed by atoms with Crippen LogP contribution in [0.5, 0.6) is 0 Å². The minimum atomic E-state index is -5.14. The molecular weight excluding hydrogens is 466 g/mol. The van der Waals surface area contributed by atoms with Gasteiger partial charge >= 0.3 is 24.3 Å². The quantitative estimate of drug-likeness (QED) is 0.301. The van der Waals surface area contributed by atoms with Crippen molar-refractivity contribution in [3.8, 4) is 11.8 Å². The summed E-state index contributed by atoms with van der Waals surface area (Å²) in [6.45, 7) is 4.76. The first-order valence-corrected chi connectivity index (χ1v) is 9.83. The number of hydrogen-bond acceptors (Lipinski definition) is 4. The van der Waals surface area contributed by atoms with Crippen LogP contribution >= 0.6 is 0 Å². The molecule has 0 aliphatic heterocycles. The van der Waals surface area contributed by atoms with Crippen LogP contribution in [0.4, 0.5) is 26.3 Å². The number of alkyl halides is 6. The number of rotatable bonds is 4. The lowest BCUT2D eigenvalue weighted by Crippen LogP contribution is -2.28. The van der Waals surface area contributed by atoms with Gasteiger partial charge < -0.3 is 9.47 Å². The molecule has 4 nitrogen and oxygen atoms in total. The molecular formula is C24H20F6O4. The van der Waals surface area contributed by atoms with Crippen LogP contribution in [0.25, 0.3) is 0 Å². The fourth-order valence-corrected chi connectivity index (χ4v) is 2.61. The fourth-order valence-electron chi connectivity index (χ4n) is 2.61. The van der Waals surface area contributed by atoms with Crippen LogP contribution in [0, 0.1) is 11.8 Å². The highest BCUT2D eigenvalue weighted by Crippen LogP contribution is 2.36. The van der Waals surface area contributed by atoms with Gasteiger partial charge in [0.05, 0.1) is 23.1 Å². The Hall–Kier alpha value is -3.48. The summed E-state index contributed by atoms with van der Waals surface area (Å²) in [6, 6.07) is 8.66. The van der Waals surface area contributed by atoms with Crippen molar-refractivity contribution in [1.82, 2.24) is 0 Å². The first-order valence-electron chi connectivity index (χ1n) is 9.83. The second-order valence-electron chi connectivity index (χ2n) is 8.11. The Morgan fingerprint density at radius 1 is 0.882 bits per heavy atom. The number of carbonyl (C=O) groups is 2. The molecule has 0 fully saturated rings. The predicted octanol–water partition coefficient (Wildman–Crippen LogP) is 6.03. The van der Waals surface area contributed by atoms with Crippen LogP contribution in [-0.2, 0) is 26.6 Å². The lowest BCUT2D eigenvalue weighted by atomic mass is 10.0. The Balaban J connectivity index is 2.39. The van der Waals surface area contributed by atoms with Gasteiger partial charge in [0.25, 0.3) is 0 Å². The van der Waals surface area contributed by atoms with Crippen molar-refractivity contribution < 1.29 is 45.4 Å². The van der Waals surface area contributed by atoms with Crippen molar-refractivity contribution in [1.29, 1.82) is 0 Å². The van der Waals surface area contributed by atoms with E-state index in [1.165, 1.54) is 0 Å². The molecule has 1 atom stereocenters. The van der Waals surface area contributed by atoms with E-state index in [-0.39, 0.29) is 18.2 Å². The van der Waals surface area contributed by atoms with E-state index in [4.69, 9.17) is 9.47 Å². The summed E-state index contributed by atoms with van der Waals surface area (Å²) in [7, 11) is 0. The molecule has 0 N–H and O–H groups in total. The molecule has 0 saturated heterocycles. The molecule has 2 aromatic rings. The minimum absolute atomic E-state index is 0.107. The second kappa shape index (κ2) is 10.2. The van der Waals surface area contributed by atoms with Crippen molar-refractivity contribution in [2.75, 3.05) is 0 Å². The summed E-state index contributed by atoms with van der Waals surface area (Å²) < 4.78 is 88.8. The highest BCUT2D eigenvalue weighted by atomic mass is 19.4. The van der Waals surface area contributed by atoms with E-state index in [9.17, 15) is 35.9 Å². The topological polar surface area (TPSA) is 52.6 Å². The maximum Gasteiger partial charge on any atom is 0.416 e. The number of hydrogen-bond donors (Lipinski definition) is 0. The molecule has 0 spiro atoms. The molecule has 1 unspecified atom stereocenters. The summed E-state index contributed by atoms with van der Waals surface area (Å²) in [5.74, 6) is 2.82. The number of carbonyl (C=O) groups excluding carboxylic acids is 2. The summed E-state index contributed by atoms with van der Waals surface area (Å²) in [5, 5.41) is 0. The molecule has 0 aromatic heterocycles. The van der Waals surface area contributed by atoms with Gasteiger partial charge in [-0.2, -0.15) is 26.3 Å². The van der Waals surface area contributed by atoms with E-state index >= 15 is 0 Å². The van der Waals surface area contributed by atoms with Gasteiger partial charge in [0.15, 0.2) is 6.10 Å². The monoisotopic (exact) mass is 486 g/mol.